The summed E-state index contributed by atoms with van der Waals surface area (Å²) in [7, 11) is 0. The monoisotopic (exact) mass is 350 g/mol. The second kappa shape index (κ2) is 8.17. The first-order valence-corrected chi connectivity index (χ1v) is 9.48. The van der Waals surface area contributed by atoms with Crippen molar-refractivity contribution in [2.45, 2.75) is 31.8 Å². The van der Waals surface area contributed by atoms with Crippen molar-refractivity contribution in [3.05, 3.63) is 71.3 Å². The van der Waals surface area contributed by atoms with Gasteiger partial charge in [-0.3, -0.25) is 4.79 Å². The number of nitrogens with zero attached hydrogens (tertiary/aromatic N) is 1. The highest BCUT2D eigenvalue weighted by atomic mass is 32.2. The SMILES string of the molecule is CCc1cc2ccc(C)cc2nc1SCC(=O)NCc1ccccc1. The molecule has 0 saturated heterocycles. The number of hydrogen-bond acceptors (Lipinski definition) is 3. The number of amides is 1. The van der Waals surface area contributed by atoms with Crippen LogP contribution >= 0.6 is 11.8 Å². The first-order chi connectivity index (χ1) is 12.2. The minimum Gasteiger partial charge on any atom is -0.351 e. The number of aromatic nitrogens is 1. The molecule has 25 heavy (non-hydrogen) atoms. The van der Waals surface area contributed by atoms with Crippen LogP contribution in [0.25, 0.3) is 10.9 Å². The lowest BCUT2D eigenvalue weighted by Gasteiger charge is -2.10. The normalized spacial score (nSPS) is 10.8. The summed E-state index contributed by atoms with van der Waals surface area (Å²) >= 11 is 1.51. The number of rotatable bonds is 6. The highest BCUT2D eigenvalue weighted by Gasteiger charge is 2.09. The summed E-state index contributed by atoms with van der Waals surface area (Å²) in [5, 5.41) is 5.07. The maximum Gasteiger partial charge on any atom is 0.230 e. The molecular formula is C21H22N2OS. The van der Waals surface area contributed by atoms with E-state index in [1.54, 1.807) is 0 Å². The molecule has 3 nitrogen and oxygen atoms in total. The minimum atomic E-state index is 0.0297. The van der Waals surface area contributed by atoms with Crippen LogP contribution in [0.5, 0.6) is 0 Å². The molecule has 1 aromatic heterocycles. The Kier molecular flexibility index (Phi) is 5.71. The zero-order valence-corrected chi connectivity index (χ0v) is 15.4. The van der Waals surface area contributed by atoms with Crippen molar-refractivity contribution in [1.82, 2.24) is 10.3 Å². The number of hydrogen-bond donors (Lipinski definition) is 1. The van der Waals surface area contributed by atoms with Gasteiger partial charge in [0.15, 0.2) is 0 Å². The maximum absolute atomic E-state index is 12.1. The van der Waals surface area contributed by atoms with Crippen molar-refractivity contribution in [1.29, 1.82) is 0 Å². The molecule has 3 rings (SSSR count). The second-order valence-corrected chi connectivity index (χ2v) is 7.02. The van der Waals surface area contributed by atoms with E-state index in [9.17, 15) is 4.79 Å². The summed E-state index contributed by atoms with van der Waals surface area (Å²) in [6.07, 6.45) is 0.908. The van der Waals surface area contributed by atoms with Crippen molar-refractivity contribution >= 4 is 28.6 Å². The Bertz CT molecular complexity index is 878. The zero-order chi connectivity index (χ0) is 17.6. The Hall–Kier alpha value is -2.33. The number of fused-ring (bicyclic) bond motifs is 1. The molecule has 0 aliphatic heterocycles. The van der Waals surface area contributed by atoms with Gasteiger partial charge in [-0.1, -0.05) is 61.2 Å². The Labute approximate surface area is 152 Å². The summed E-state index contributed by atoms with van der Waals surface area (Å²) in [6.45, 7) is 4.75. The van der Waals surface area contributed by atoms with Crippen LogP contribution in [0, 0.1) is 6.92 Å². The fourth-order valence-corrected chi connectivity index (χ4v) is 3.58. The number of carbonyl (C=O) groups excluding carboxylic acids is 1. The number of aryl methyl sites for hydroxylation is 2. The smallest absolute Gasteiger partial charge is 0.230 e. The molecule has 0 radical (unpaired) electrons. The molecule has 3 aromatic rings. The van der Waals surface area contributed by atoms with Gasteiger partial charge >= 0.3 is 0 Å². The Morgan fingerprint density at radius 2 is 1.92 bits per heavy atom. The van der Waals surface area contributed by atoms with Crippen LogP contribution in [-0.2, 0) is 17.8 Å². The average molecular weight is 350 g/mol. The van der Waals surface area contributed by atoms with Gasteiger partial charge in [0.25, 0.3) is 0 Å². The molecule has 128 valence electrons. The number of thioether (sulfide) groups is 1. The largest absolute Gasteiger partial charge is 0.351 e. The average Bonchev–Trinajstić information content (AvgIpc) is 2.64. The molecule has 1 N–H and O–H groups in total. The molecular weight excluding hydrogens is 328 g/mol. The summed E-state index contributed by atoms with van der Waals surface area (Å²) in [5.41, 5.74) is 4.48. The first-order valence-electron chi connectivity index (χ1n) is 8.49. The van der Waals surface area contributed by atoms with E-state index in [-0.39, 0.29) is 5.91 Å². The lowest BCUT2D eigenvalue weighted by molar-refractivity contribution is -0.118. The molecule has 4 heteroatoms. The fourth-order valence-electron chi connectivity index (χ4n) is 2.66. The van der Waals surface area contributed by atoms with Crippen LogP contribution in [0.3, 0.4) is 0 Å². The summed E-state index contributed by atoms with van der Waals surface area (Å²) < 4.78 is 0. The molecule has 0 atom stereocenters. The fraction of sp³-hybridized carbons (Fsp3) is 0.238. The van der Waals surface area contributed by atoms with Gasteiger partial charge in [-0.2, -0.15) is 0 Å². The van der Waals surface area contributed by atoms with Crippen molar-refractivity contribution in [2.24, 2.45) is 0 Å². The predicted molar refractivity (Wildman–Crippen MR) is 105 cm³/mol. The van der Waals surface area contributed by atoms with Crippen molar-refractivity contribution in [2.75, 3.05) is 5.75 Å². The van der Waals surface area contributed by atoms with E-state index in [0.717, 1.165) is 27.9 Å². The summed E-state index contributed by atoms with van der Waals surface area (Å²) in [6, 6.07) is 18.4. The molecule has 0 bridgehead atoms. The number of pyridine rings is 1. The Balaban J connectivity index is 1.66. The zero-order valence-electron chi connectivity index (χ0n) is 14.6. The molecule has 0 fully saturated rings. The van der Waals surface area contributed by atoms with Crippen LogP contribution < -0.4 is 5.32 Å². The Morgan fingerprint density at radius 1 is 1.12 bits per heavy atom. The number of benzene rings is 2. The van der Waals surface area contributed by atoms with Crippen molar-refractivity contribution in [3.63, 3.8) is 0 Å². The van der Waals surface area contributed by atoms with Gasteiger partial charge in [0.1, 0.15) is 5.03 Å². The highest BCUT2D eigenvalue weighted by Crippen LogP contribution is 2.26. The van der Waals surface area contributed by atoms with Gasteiger partial charge in [-0.05, 0) is 42.2 Å². The van der Waals surface area contributed by atoms with Crippen LogP contribution in [0.2, 0.25) is 0 Å². The standard InChI is InChI=1S/C21H22N2OS/c1-3-17-12-18-10-9-15(2)11-19(18)23-21(17)25-14-20(24)22-13-16-7-5-4-6-8-16/h4-12H,3,13-14H2,1-2H3,(H,22,24). The Morgan fingerprint density at radius 3 is 2.68 bits per heavy atom. The maximum atomic E-state index is 12.1. The van der Waals surface area contributed by atoms with Gasteiger partial charge in [-0.25, -0.2) is 4.98 Å². The van der Waals surface area contributed by atoms with E-state index in [0.29, 0.717) is 12.3 Å². The number of nitrogens with one attached hydrogen (secondary N) is 1. The lowest BCUT2D eigenvalue weighted by Crippen LogP contribution is -2.24. The van der Waals surface area contributed by atoms with Gasteiger partial charge in [0.05, 0.1) is 11.3 Å². The lowest BCUT2D eigenvalue weighted by atomic mass is 10.1. The summed E-state index contributed by atoms with van der Waals surface area (Å²) in [5.74, 6) is 0.409. The topological polar surface area (TPSA) is 42.0 Å². The molecule has 0 aliphatic carbocycles. The van der Waals surface area contributed by atoms with E-state index < -0.39 is 0 Å². The van der Waals surface area contributed by atoms with Crippen LogP contribution in [0.15, 0.2) is 59.6 Å². The van der Waals surface area contributed by atoms with Crippen LogP contribution in [0.1, 0.15) is 23.6 Å². The molecule has 0 unspecified atom stereocenters. The minimum absolute atomic E-state index is 0.0297. The molecule has 0 saturated carbocycles. The van der Waals surface area contributed by atoms with E-state index in [1.165, 1.54) is 22.9 Å². The van der Waals surface area contributed by atoms with E-state index in [2.05, 4.69) is 43.4 Å². The third-order valence-corrected chi connectivity index (χ3v) is 5.10. The van der Waals surface area contributed by atoms with Crippen molar-refractivity contribution < 1.29 is 4.79 Å². The van der Waals surface area contributed by atoms with E-state index >= 15 is 0 Å². The highest BCUT2D eigenvalue weighted by molar-refractivity contribution is 7.99. The molecule has 0 aliphatic rings. The third kappa shape index (κ3) is 4.60. The van der Waals surface area contributed by atoms with E-state index in [1.807, 2.05) is 30.3 Å². The van der Waals surface area contributed by atoms with Gasteiger partial charge in [-0.15, -0.1) is 0 Å². The second-order valence-electron chi connectivity index (χ2n) is 6.05. The third-order valence-electron chi connectivity index (χ3n) is 4.07. The summed E-state index contributed by atoms with van der Waals surface area (Å²) in [4.78, 5) is 16.9. The quantitative estimate of drug-likeness (QED) is 0.665. The van der Waals surface area contributed by atoms with Gasteiger partial charge < -0.3 is 5.32 Å². The molecule has 2 aromatic carbocycles. The van der Waals surface area contributed by atoms with Gasteiger partial charge in [0, 0.05) is 11.9 Å². The molecule has 1 heterocycles. The van der Waals surface area contributed by atoms with Gasteiger partial charge in [0.2, 0.25) is 5.91 Å². The molecule has 1 amide bonds. The van der Waals surface area contributed by atoms with Crippen molar-refractivity contribution in [3.8, 4) is 0 Å². The van der Waals surface area contributed by atoms with Crippen LogP contribution in [-0.4, -0.2) is 16.6 Å². The van der Waals surface area contributed by atoms with Crippen LogP contribution in [0.4, 0.5) is 0 Å². The number of carbonyl (C=O) groups is 1. The van der Waals surface area contributed by atoms with E-state index in [4.69, 9.17) is 4.98 Å². The first kappa shape index (κ1) is 17.5. The molecule has 0 spiro atoms. The predicted octanol–water partition coefficient (Wildman–Crippen LogP) is 4.51.